The van der Waals surface area contributed by atoms with Crippen LogP contribution in [0.4, 0.5) is 13.2 Å². The first kappa shape index (κ1) is 20.5. The highest BCUT2D eigenvalue weighted by Crippen LogP contribution is 2.21. The van der Waals surface area contributed by atoms with Gasteiger partial charge in [0.15, 0.2) is 6.10 Å². The Hall–Kier alpha value is -1.53. The zero-order valence-electron chi connectivity index (χ0n) is 13.2. The Morgan fingerprint density at radius 3 is 2.42 bits per heavy atom. The second kappa shape index (κ2) is 11.9. The number of carbonyl (C=O) groups excluding carboxylic acids is 1. The Kier molecular flexibility index (Phi) is 10.2. The van der Waals surface area contributed by atoms with Crippen LogP contribution in [0.1, 0.15) is 31.2 Å². The fourth-order valence-electron chi connectivity index (χ4n) is 2.02. The van der Waals surface area contributed by atoms with E-state index in [1.807, 2.05) is 30.3 Å². The standard InChI is InChI=1S/C17H20ClF3O3/c18-11-15(22)24-14(16(19)17(20)21)9-5-2-6-10-23-12-13-7-3-1-4-8-13/h1,3-4,7-8,14H,2,5-6,9-12H2/t14-/m1/s1. The lowest BCUT2D eigenvalue weighted by molar-refractivity contribution is -0.145. The molecule has 0 heterocycles. The molecule has 1 aromatic carbocycles. The van der Waals surface area contributed by atoms with Gasteiger partial charge in [-0.2, -0.15) is 8.78 Å². The molecule has 0 unspecified atom stereocenters. The number of rotatable bonds is 11. The fourth-order valence-corrected chi connectivity index (χ4v) is 2.09. The first-order chi connectivity index (χ1) is 11.5. The summed E-state index contributed by atoms with van der Waals surface area (Å²) in [6, 6.07) is 9.68. The molecule has 0 amide bonds. The summed E-state index contributed by atoms with van der Waals surface area (Å²) in [5, 5.41) is 0. The highest BCUT2D eigenvalue weighted by molar-refractivity contribution is 6.26. The molecular formula is C17H20ClF3O3. The molecule has 0 fully saturated rings. The van der Waals surface area contributed by atoms with Crippen LogP contribution in [0.15, 0.2) is 42.2 Å². The van der Waals surface area contributed by atoms with E-state index in [1.165, 1.54) is 0 Å². The van der Waals surface area contributed by atoms with Crippen molar-refractivity contribution >= 4 is 17.6 Å². The molecule has 0 aliphatic carbocycles. The molecule has 0 aromatic heterocycles. The molecule has 24 heavy (non-hydrogen) atoms. The number of alkyl halides is 1. The smallest absolute Gasteiger partial charge is 0.321 e. The van der Waals surface area contributed by atoms with Gasteiger partial charge in [-0.1, -0.05) is 36.8 Å². The highest BCUT2D eigenvalue weighted by Gasteiger charge is 2.23. The lowest BCUT2D eigenvalue weighted by atomic mass is 10.1. The largest absolute Gasteiger partial charge is 0.454 e. The number of esters is 1. The van der Waals surface area contributed by atoms with Gasteiger partial charge in [0.25, 0.3) is 0 Å². The Morgan fingerprint density at radius 2 is 1.79 bits per heavy atom. The van der Waals surface area contributed by atoms with Crippen LogP contribution < -0.4 is 0 Å². The zero-order chi connectivity index (χ0) is 17.8. The highest BCUT2D eigenvalue weighted by atomic mass is 35.5. The summed E-state index contributed by atoms with van der Waals surface area (Å²) in [7, 11) is 0. The van der Waals surface area contributed by atoms with Crippen molar-refractivity contribution in [1.29, 1.82) is 0 Å². The molecule has 0 saturated carbocycles. The van der Waals surface area contributed by atoms with Crippen LogP contribution in [0.25, 0.3) is 0 Å². The maximum absolute atomic E-state index is 13.3. The minimum absolute atomic E-state index is 0.0233. The van der Waals surface area contributed by atoms with Crippen molar-refractivity contribution in [1.82, 2.24) is 0 Å². The molecule has 0 bridgehead atoms. The van der Waals surface area contributed by atoms with Crippen LogP contribution in [0.2, 0.25) is 0 Å². The van der Waals surface area contributed by atoms with E-state index >= 15 is 0 Å². The van der Waals surface area contributed by atoms with Gasteiger partial charge >= 0.3 is 12.0 Å². The molecule has 134 valence electrons. The van der Waals surface area contributed by atoms with Crippen molar-refractivity contribution in [2.45, 2.75) is 38.4 Å². The van der Waals surface area contributed by atoms with Crippen LogP contribution in [0.3, 0.4) is 0 Å². The third-order valence-electron chi connectivity index (χ3n) is 3.21. The Morgan fingerprint density at radius 1 is 1.08 bits per heavy atom. The molecule has 0 N–H and O–H groups in total. The van der Waals surface area contributed by atoms with Gasteiger partial charge in [-0.25, -0.2) is 4.39 Å². The molecule has 7 heteroatoms. The molecule has 0 radical (unpaired) electrons. The van der Waals surface area contributed by atoms with Gasteiger partial charge in [0.2, 0.25) is 5.83 Å². The SMILES string of the molecule is O=C(CCl)O[C@H](CCCCCOCc1ccccc1)C(F)=C(F)F. The molecule has 0 aliphatic rings. The minimum Gasteiger partial charge on any atom is -0.454 e. The summed E-state index contributed by atoms with van der Waals surface area (Å²) in [6.45, 7) is 1.01. The molecule has 1 aromatic rings. The molecule has 3 nitrogen and oxygen atoms in total. The van der Waals surface area contributed by atoms with Gasteiger partial charge in [-0.05, 0) is 24.8 Å². The van der Waals surface area contributed by atoms with Crippen molar-refractivity contribution in [2.24, 2.45) is 0 Å². The fraction of sp³-hybridized carbons (Fsp3) is 0.471. The zero-order valence-corrected chi connectivity index (χ0v) is 13.9. The maximum Gasteiger partial charge on any atom is 0.321 e. The van der Waals surface area contributed by atoms with E-state index in [-0.39, 0.29) is 6.42 Å². The molecular weight excluding hydrogens is 345 g/mol. The first-order valence-corrected chi connectivity index (χ1v) is 8.15. The number of carbonyl (C=O) groups is 1. The van der Waals surface area contributed by atoms with Crippen molar-refractivity contribution in [3.05, 3.63) is 47.8 Å². The number of hydrogen-bond donors (Lipinski definition) is 0. The summed E-state index contributed by atoms with van der Waals surface area (Å²) in [4.78, 5) is 11.0. The molecule has 1 rings (SSSR count). The van der Waals surface area contributed by atoms with Crippen LogP contribution in [-0.4, -0.2) is 24.6 Å². The van der Waals surface area contributed by atoms with Crippen LogP contribution in [0, 0.1) is 0 Å². The number of benzene rings is 1. The van der Waals surface area contributed by atoms with Crippen LogP contribution in [-0.2, 0) is 20.9 Å². The van der Waals surface area contributed by atoms with E-state index in [9.17, 15) is 18.0 Å². The van der Waals surface area contributed by atoms with Crippen LogP contribution >= 0.6 is 11.6 Å². The summed E-state index contributed by atoms with van der Waals surface area (Å²) < 4.78 is 48.0. The van der Waals surface area contributed by atoms with Gasteiger partial charge < -0.3 is 9.47 Å². The lowest BCUT2D eigenvalue weighted by Gasteiger charge is -2.15. The van der Waals surface area contributed by atoms with Gasteiger partial charge in [0.1, 0.15) is 5.88 Å². The number of halogens is 4. The second-order valence-electron chi connectivity index (χ2n) is 5.11. The van der Waals surface area contributed by atoms with Gasteiger partial charge in [0, 0.05) is 6.61 Å². The summed E-state index contributed by atoms with van der Waals surface area (Å²) in [5.74, 6) is -3.15. The monoisotopic (exact) mass is 364 g/mol. The average Bonchev–Trinajstić information content (AvgIpc) is 2.59. The topological polar surface area (TPSA) is 35.5 Å². The third-order valence-corrected chi connectivity index (χ3v) is 3.43. The molecule has 0 saturated heterocycles. The predicted molar refractivity (Wildman–Crippen MR) is 85.5 cm³/mol. The minimum atomic E-state index is -2.48. The Labute approximate surface area is 144 Å². The third kappa shape index (κ3) is 8.36. The van der Waals surface area contributed by atoms with E-state index in [1.54, 1.807) is 0 Å². The second-order valence-corrected chi connectivity index (χ2v) is 5.38. The Balaban J connectivity index is 2.22. The summed E-state index contributed by atoms with van der Waals surface area (Å²) >= 11 is 5.23. The predicted octanol–water partition coefficient (Wildman–Crippen LogP) is 4.99. The normalized spacial score (nSPS) is 11.8. The van der Waals surface area contributed by atoms with Crippen LogP contribution in [0.5, 0.6) is 0 Å². The summed E-state index contributed by atoms with van der Waals surface area (Å²) in [5.41, 5.74) is 1.07. The van der Waals surface area contributed by atoms with Crippen molar-refractivity contribution in [2.75, 3.05) is 12.5 Å². The average molecular weight is 365 g/mol. The molecule has 0 spiro atoms. The van der Waals surface area contributed by atoms with Gasteiger partial charge in [0.05, 0.1) is 6.61 Å². The maximum atomic E-state index is 13.3. The van der Waals surface area contributed by atoms with Crippen molar-refractivity contribution in [3.8, 4) is 0 Å². The molecule has 0 aliphatic heterocycles. The van der Waals surface area contributed by atoms with E-state index in [0.29, 0.717) is 32.5 Å². The van der Waals surface area contributed by atoms with E-state index in [2.05, 4.69) is 4.74 Å². The van der Waals surface area contributed by atoms with Crippen molar-refractivity contribution in [3.63, 3.8) is 0 Å². The number of hydrogen-bond acceptors (Lipinski definition) is 3. The van der Waals surface area contributed by atoms with Gasteiger partial charge in [-0.15, -0.1) is 11.6 Å². The quantitative estimate of drug-likeness (QED) is 0.315. The Bertz CT molecular complexity index is 519. The summed E-state index contributed by atoms with van der Waals surface area (Å²) in [6.07, 6.45) is -2.31. The van der Waals surface area contributed by atoms with E-state index < -0.39 is 29.9 Å². The first-order valence-electron chi connectivity index (χ1n) is 7.62. The lowest BCUT2D eigenvalue weighted by Crippen LogP contribution is -2.20. The van der Waals surface area contributed by atoms with E-state index in [0.717, 1.165) is 5.56 Å². The van der Waals surface area contributed by atoms with Crippen molar-refractivity contribution < 1.29 is 27.4 Å². The van der Waals surface area contributed by atoms with Gasteiger partial charge in [-0.3, -0.25) is 4.79 Å². The molecule has 1 atom stereocenters. The van der Waals surface area contributed by atoms with E-state index in [4.69, 9.17) is 16.3 Å². The number of unbranched alkanes of at least 4 members (excludes halogenated alkanes) is 2. The number of ether oxygens (including phenoxy) is 2.